The number of carbonyl (C=O) groups is 1. The first-order valence-electron chi connectivity index (χ1n) is 8.88. The number of fused-ring (bicyclic) bond motifs is 1. The maximum absolute atomic E-state index is 12.5. The number of aromatic nitrogens is 3. The van der Waals surface area contributed by atoms with E-state index in [9.17, 15) is 4.79 Å². The van der Waals surface area contributed by atoms with E-state index in [1.54, 1.807) is 17.5 Å². The van der Waals surface area contributed by atoms with Gasteiger partial charge in [0.2, 0.25) is 5.91 Å². The normalized spacial score (nSPS) is 18.8. The van der Waals surface area contributed by atoms with E-state index in [4.69, 9.17) is 4.98 Å². The Hall–Kier alpha value is -2.54. The van der Waals surface area contributed by atoms with E-state index in [1.165, 1.54) is 0 Å². The van der Waals surface area contributed by atoms with Crippen LogP contribution >= 0.6 is 11.3 Å². The van der Waals surface area contributed by atoms with Crippen molar-refractivity contribution in [2.45, 2.75) is 32.7 Å². The summed E-state index contributed by atoms with van der Waals surface area (Å²) in [4.78, 5) is 27.1. The number of nitrogens with one attached hydrogen (secondary N) is 2. The zero-order valence-corrected chi connectivity index (χ0v) is 15.6. The molecule has 7 heteroatoms. The first-order chi connectivity index (χ1) is 12.7. The number of thiophene rings is 1. The molecule has 1 amide bonds. The van der Waals surface area contributed by atoms with Gasteiger partial charge in [-0.1, -0.05) is 19.9 Å². The molecule has 0 bridgehead atoms. The Balaban J connectivity index is 1.79. The summed E-state index contributed by atoms with van der Waals surface area (Å²) >= 11 is 1.56. The monoisotopic (exact) mass is 367 g/mol. The van der Waals surface area contributed by atoms with Gasteiger partial charge in [-0.05, 0) is 36.4 Å². The molecule has 6 nitrogen and oxygen atoms in total. The molecule has 2 N–H and O–H groups in total. The van der Waals surface area contributed by atoms with Gasteiger partial charge >= 0.3 is 0 Å². The van der Waals surface area contributed by atoms with Crippen LogP contribution in [0.4, 0.5) is 5.82 Å². The highest BCUT2D eigenvalue weighted by atomic mass is 32.1. The summed E-state index contributed by atoms with van der Waals surface area (Å²) in [7, 11) is 0. The van der Waals surface area contributed by atoms with Crippen molar-refractivity contribution in [1.29, 1.82) is 0 Å². The van der Waals surface area contributed by atoms with Gasteiger partial charge in [0.05, 0.1) is 5.39 Å². The summed E-state index contributed by atoms with van der Waals surface area (Å²) in [6.45, 7) is 4.97. The summed E-state index contributed by atoms with van der Waals surface area (Å²) < 4.78 is 0. The van der Waals surface area contributed by atoms with Crippen LogP contribution < -0.4 is 10.6 Å². The first kappa shape index (κ1) is 16.9. The van der Waals surface area contributed by atoms with Crippen molar-refractivity contribution in [3.8, 4) is 11.5 Å². The lowest BCUT2D eigenvalue weighted by Gasteiger charge is -2.31. The molecular formula is C19H21N5OS. The van der Waals surface area contributed by atoms with Crippen molar-refractivity contribution in [1.82, 2.24) is 20.3 Å². The van der Waals surface area contributed by atoms with Gasteiger partial charge in [-0.2, -0.15) is 0 Å². The average molecular weight is 367 g/mol. The summed E-state index contributed by atoms with van der Waals surface area (Å²) in [5.41, 5.74) is 0.620. The van der Waals surface area contributed by atoms with E-state index in [-0.39, 0.29) is 17.4 Å². The van der Waals surface area contributed by atoms with Crippen LogP contribution in [0.25, 0.3) is 21.7 Å². The van der Waals surface area contributed by atoms with Crippen LogP contribution in [-0.2, 0) is 4.79 Å². The number of anilines is 1. The number of carbonyl (C=O) groups excluding carboxylic acids is 1. The summed E-state index contributed by atoms with van der Waals surface area (Å²) in [6.07, 6.45) is 3.57. The van der Waals surface area contributed by atoms with Crippen LogP contribution in [0.3, 0.4) is 0 Å². The highest BCUT2D eigenvalue weighted by Gasteiger charge is 2.46. The summed E-state index contributed by atoms with van der Waals surface area (Å²) in [6, 6.07) is 7.37. The molecule has 0 aliphatic carbocycles. The fraction of sp³-hybridized carbons (Fsp3) is 0.368. The molecule has 1 fully saturated rings. The smallest absolute Gasteiger partial charge is 0.243 e. The molecule has 0 saturated carbocycles. The largest absolute Gasteiger partial charge is 0.357 e. The van der Waals surface area contributed by atoms with Crippen LogP contribution in [0.2, 0.25) is 0 Å². The number of pyridine rings is 1. The van der Waals surface area contributed by atoms with Gasteiger partial charge in [-0.15, -0.1) is 11.3 Å². The maximum atomic E-state index is 12.5. The van der Waals surface area contributed by atoms with Crippen LogP contribution in [0.1, 0.15) is 26.7 Å². The third kappa shape index (κ3) is 2.72. The maximum Gasteiger partial charge on any atom is 0.243 e. The molecule has 1 aliphatic heterocycles. The lowest BCUT2D eigenvalue weighted by molar-refractivity contribution is -0.120. The van der Waals surface area contributed by atoms with E-state index >= 15 is 0 Å². The van der Waals surface area contributed by atoms with E-state index in [0.29, 0.717) is 18.2 Å². The predicted molar refractivity (Wildman–Crippen MR) is 104 cm³/mol. The Morgan fingerprint density at radius 1 is 1.27 bits per heavy atom. The molecule has 1 aliphatic rings. The van der Waals surface area contributed by atoms with Gasteiger partial charge in [0.15, 0.2) is 5.82 Å². The van der Waals surface area contributed by atoms with Crippen molar-refractivity contribution >= 4 is 33.3 Å². The molecule has 4 rings (SSSR count). The number of hydrogen-bond acceptors (Lipinski definition) is 6. The minimum absolute atomic E-state index is 0.0371. The molecule has 0 aromatic carbocycles. The summed E-state index contributed by atoms with van der Waals surface area (Å²) in [5.74, 6) is 1.31. The Kier molecular flexibility index (Phi) is 4.32. The predicted octanol–water partition coefficient (Wildman–Crippen LogP) is 3.47. The quantitative estimate of drug-likeness (QED) is 0.722. The molecule has 1 saturated heterocycles. The highest BCUT2D eigenvalue weighted by molar-refractivity contribution is 7.16. The van der Waals surface area contributed by atoms with Gasteiger partial charge < -0.3 is 10.6 Å². The Labute approximate surface area is 156 Å². The van der Waals surface area contributed by atoms with E-state index in [1.807, 2.05) is 29.6 Å². The van der Waals surface area contributed by atoms with E-state index < -0.39 is 0 Å². The first-order valence-corrected chi connectivity index (χ1v) is 9.75. The van der Waals surface area contributed by atoms with Gasteiger partial charge in [-0.25, -0.2) is 9.97 Å². The molecule has 3 aromatic rings. The molecule has 3 aromatic heterocycles. The van der Waals surface area contributed by atoms with Gasteiger partial charge in [0.25, 0.3) is 0 Å². The lowest BCUT2D eigenvalue weighted by atomic mass is 9.77. The standard InChI is InChI=1S/C19H21N5OS/c1-3-19(4-2)11-21-17(25)14(19)22-15-12-8-10-26-18(12)24-16(23-15)13-7-5-6-9-20-13/h5-10,14H,3-4,11H2,1-2H3,(H,21,25)(H,22,23,24). The van der Waals surface area contributed by atoms with Crippen molar-refractivity contribution in [2.75, 3.05) is 11.9 Å². The zero-order valence-electron chi connectivity index (χ0n) is 14.8. The second-order valence-corrected chi connectivity index (χ2v) is 7.51. The van der Waals surface area contributed by atoms with E-state index in [2.05, 4.69) is 34.4 Å². The molecule has 26 heavy (non-hydrogen) atoms. The Bertz CT molecular complexity index is 936. The topological polar surface area (TPSA) is 79.8 Å². The molecule has 0 spiro atoms. The van der Waals surface area contributed by atoms with Crippen LogP contribution in [0.15, 0.2) is 35.8 Å². The SMILES string of the molecule is CCC1(CC)CNC(=O)C1Nc1nc(-c2ccccn2)nc2sccc12. The van der Waals surface area contributed by atoms with Crippen molar-refractivity contribution < 1.29 is 4.79 Å². The van der Waals surface area contributed by atoms with Gasteiger partial charge in [0.1, 0.15) is 22.4 Å². The second kappa shape index (κ2) is 6.64. The van der Waals surface area contributed by atoms with E-state index in [0.717, 1.165) is 28.8 Å². The van der Waals surface area contributed by atoms with Crippen LogP contribution in [0, 0.1) is 5.41 Å². The molecule has 4 heterocycles. The minimum atomic E-state index is -0.299. The fourth-order valence-electron chi connectivity index (χ4n) is 3.58. The third-order valence-corrected chi connectivity index (χ3v) is 6.20. The summed E-state index contributed by atoms with van der Waals surface area (Å²) in [5, 5.41) is 9.39. The van der Waals surface area contributed by atoms with Crippen LogP contribution in [-0.4, -0.2) is 33.4 Å². The van der Waals surface area contributed by atoms with Gasteiger partial charge in [0, 0.05) is 18.2 Å². The highest BCUT2D eigenvalue weighted by Crippen LogP contribution is 2.37. The molecule has 134 valence electrons. The number of amides is 1. The minimum Gasteiger partial charge on any atom is -0.357 e. The molecule has 1 unspecified atom stereocenters. The second-order valence-electron chi connectivity index (χ2n) is 6.61. The third-order valence-electron chi connectivity index (χ3n) is 5.40. The number of rotatable bonds is 5. The molecular weight excluding hydrogens is 346 g/mol. The average Bonchev–Trinajstić information content (AvgIpc) is 3.28. The Morgan fingerprint density at radius 2 is 2.12 bits per heavy atom. The zero-order chi connectivity index (χ0) is 18.1. The van der Waals surface area contributed by atoms with Crippen molar-refractivity contribution in [3.05, 3.63) is 35.8 Å². The van der Waals surface area contributed by atoms with Crippen LogP contribution in [0.5, 0.6) is 0 Å². The van der Waals surface area contributed by atoms with Crippen molar-refractivity contribution in [3.63, 3.8) is 0 Å². The van der Waals surface area contributed by atoms with Crippen molar-refractivity contribution in [2.24, 2.45) is 5.41 Å². The molecule has 1 atom stereocenters. The Morgan fingerprint density at radius 3 is 2.85 bits per heavy atom. The molecule has 0 radical (unpaired) electrons. The van der Waals surface area contributed by atoms with Gasteiger partial charge in [-0.3, -0.25) is 9.78 Å². The fourth-order valence-corrected chi connectivity index (χ4v) is 4.35. The number of nitrogens with zero attached hydrogens (tertiary/aromatic N) is 3. The lowest BCUT2D eigenvalue weighted by Crippen LogP contribution is -2.41. The number of hydrogen-bond donors (Lipinski definition) is 2.